The Morgan fingerprint density at radius 2 is 2.20 bits per heavy atom. The molecule has 1 aromatic heterocycles. The predicted molar refractivity (Wildman–Crippen MR) is 80.3 cm³/mol. The maximum Gasteiger partial charge on any atom is 0.160 e. The van der Waals surface area contributed by atoms with E-state index in [0.717, 1.165) is 29.6 Å². The van der Waals surface area contributed by atoms with Gasteiger partial charge in [0.15, 0.2) is 6.29 Å². The zero-order valence-electron chi connectivity index (χ0n) is 11.3. The zero-order valence-corrected chi connectivity index (χ0v) is 12.1. The molecule has 0 unspecified atom stereocenters. The molecule has 0 N–H and O–H groups in total. The quantitative estimate of drug-likeness (QED) is 0.588. The Morgan fingerprint density at radius 3 is 2.85 bits per heavy atom. The van der Waals surface area contributed by atoms with Gasteiger partial charge in [0.2, 0.25) is 0 Å². The monoisotopic (exact) mass is 285 g/mol. The summed E-state index contributed by atoms with van der Waals surface area (Å²) >= 11 is 1.41. The van der Waals surface area contributed by atoms with Crippen LogP contribution in [0.3, 0.4) is 0 Å². The van der Waals surface area contributed by atoms with Crippen LogP contribution in [-0.4, -0.2) is 12.9 Å². The summed E-state index contributed by atoms with van der Waals surface area (Å²) in [6, 6.07) is 11.4. The minimum Gasteiger partial charge on any atom is -0.492 e. The number of ether oxygens (including phenoxy) is 1. The van der Waals surface area contributed by atoms with E-state index in [2.05, 4.69) is 13.0 Å². The Morgan fingerprint density at radius 1 is 1.35 bits per heavy atom. The first-order chi connectivity index (χ1) is 9.78. The third-order valence-electron chi connectivity index (χ3n) is 2.88. The van der Waals surface area contributed by atoms with Crippen molar-refractivity contribution in [1.82, 2.24) is 0 Å². The molecular formula is C16H15NO2S. The molecule has 102 valence electrons. The zero-order chi connectivity index (χ0) is 14.4. The fourth-order valence-electron chi connectivity index (χ4n) is 1.79. The topological polar surface area (TPSA) is 50.1 Å². The summed E-state index contributed by atoms with van der Waals surface area (Å²) in [7, 11) is 0. The molecule has 0 amide bonds. The first-order valence-electron chi connectivity index (χ1n) is 6.50. The van der Waals surface area contributed by atoms with Gasteiger partial charge >= 0.3 is 0 Å². The molecule has 1 aromatic carbocycles. The summed E-state index contributed by atoms with van der Waals surface area (Å²) in [6.07, 6.45) is 2.87. The first kappa shape index (κ1) is 14.3. The molecule has 1 heterocycles. The van der Waals surface area contributed by atoms with E-state index in [4.69, 9.17) is 4.74 Å². The first-order valence-corrected chi connectivity index (χ1v) is 7.32. The lowest BCUT2D eigenvalue weighted by atomic mass is 10.1. The summed E-state index contributed by atoms with van der Waals surface area (Å²) in [5.74, 6) is 0.622. The minimum absolute atomic E-state index is 0.527. The Hall–Kier alpha value is -2.12. The number of nitrogens with zero attached hydrogens (tertiary/aromatic N) is 1. The standard InChI is InChI=1S/C16H15NO2S/c1-2-3-8-19-15-6-4-12(9-13(15)10-17)16-7-5-14(11-18)20-16/h4-7,9,11H,2-3,8H2,1H3. The molecule has 2 rings (SSSR count). The molecular weight excluding hydrogens is 270 g/mol. The van der Waals surface area contributed by atoms with Crippen LogP contribution in [0.5, 0.6) is 5.75 Å². The van der Waals surface area contributed by atoms with Gasteiger partial charge in [0.25, 0.3) is 0 Å². The number of thiophene rings is 1. The minimum atomic E-state index is 0.527. The van der Waals surface area contributed by atoms with Crippen molar-refractivity contribution in [2.75, 3.05) is 6.61 Å². The van der Waals surface area contributed by atoms with Crippen LogP contribution in [0.2, 0.25) is 0 Å². The second-order valence-electron chi connectivity index (χ2n) is 4.34. The fraction of sp³-hybridized carbons (Fsp3) is 0.250. The molecule has 20 heavy (non-hydrogen) atoms. The van der Waals surface area contributed by atoms with Crippen molar-refractivity contribution >= 4 is 17.6 Å². The molecule has 0 spiro atoms. The highest BCUT2D eigenvalue weighted by Crippen LogP contribution is 2.31. The van der Waals surface area contributed by atoms with E-state index in [0.29, 0.717) is 22.8 Å². The molecule has 0 aliphatic carbocycles. The van der Waals surface area contributed by atoms with Crippen LogP contribution in [0, 0.1) is 11.3 Å². The average Bonchev–Trinajstić information content (AvgIpc) is 2.96. The van der Waals surface area contributed by atoms with Gasteiger partial charge in [-0.05, 0) is 42.3 Å². The van der Waals surface area contributed by atoms with E-state index in [9.17, 15) is 10.1 Å². The van der Waals surface area contributed by atoms with Crippen molar-refractivity contribution in [3.63, 3.8) is 0 Å². The maximum absolute atomic E-state index is 10.7. The van der Waals surface area contributed by atoms with Crippen LogP contribution in [0.25, 0.3) is 10.4 Å². The highest BCUT2D eigenvalue weighted by molar-refractivity contribution is 7.17. The van der Waals surface area contributed by atoms with Gasteiger partial charge in [-0.25, -0.2) is 0 Å². The average molecular weight is 285 g/mol. The third-order valence-corrected chi connectivity index (χ3v) is 3.94. The van der Waals surface area contributed by atoms with E-state index in [-0.39, 0.29) is 0 Å². The van der Waals surface area contributed by atoms with E-state index in [1.54, 1.807) is 6.07 Å². The van der Waals surface area contributed by atoms with Crippen molar-refractivity contribution < 1.29 is 9.53 Å². The number of benzene rings is 1. The predicted octanol–water partition coefficient (Wildman–Crippen LogP) is 4.28. The van der Waals surface area contributed by atoms with Crippen molar-refractivity contribution in [2.24, 2.45) is 0 Å². The van der Waals surface area contributed by atoms with Gasteiger partial charge < -0.3 is 4.74 Å². The van der Waals surface area contributed by atoms with Crippen LogP contribution < -0.4 is 4.74 Å². The Kier molecular flexibility index (Phi) is 4.91. The molecule has 0 saturated heterocycles. The normalized spacial score (nSPS) is 10.0. The number of carbonyl (C=O) groups is 1. The largest absolute Gasteiger partial charge is 0.492 e. The van der Waals surface area contributed by atoms with Gasteiger partial charge in [0.05, 0.1) is 17.0 Å². The second kappa shape index (κ2) is 6.88. The summed E-state index contributed by atoms with van der Waals surface area (Å²) in [4.78, 5) is 12.4. The summed E-state index contributed by atoms with van der Waals surface area (Å²) in [5, 5.41) is 9.21. The SMILES string of the molecule is CCCCOc1ccc(-c2ccc(C=O)s2)cc1C#N. The Balaban J connectivity index is 2.24. The van der Waals surface area contributed by atoms with Crippen molar-refractivity contribution in [2.45, 2.75) is 19.8 Å². The van der Waals surface area contributed by atoms with Crippen molar-refractivity contribution in [3.8, 4) is 22.3 Å². The molecule has 0 radical (unpaired) electrons. The molecule has 0 fully saturated rings. The van der Waals surface area contributed by atoms with Gasteiger partial charge in [-0.3, -0.25) is 4.79 Å². The highest BCUT2D eigenvalue weighted by Gasteiger charge is 2.08. The van der Waals surface area contributed by atoms with Gasteiger partial charge in [0, 0.05) is 4.88 Å². The van der Waals surface area contributed by atoms with Crippen molar-refractivity contribution in [1.29, 1.82) is 5.26 Å². The Bertz CT molecular complexity index is 640. The van der Waals surface area contributed by atoms with E-state index >= 15 is 0 Å². The molecule has 0 saturated carbocycles. The number of hydrogen-bond donors (Lipinski definition) is 0. The summed E-state index contributed by atoms with van der Waals surface area (Å²) < 4.78 is 5.61. The third kappa shape index (κ3) is 3.25. The van der Waals surface area contributed by atoms with Crippen LogP contribution in [0.15, 0.2) is 30.3 Å². The smallest absolute Gasteiger partial charge is 0.160 e. The van der Waals surface area contributed by atoms with E-state index in [1.165, 1.54) is 11.3 Å². The number of aldehydes is 1. The molecule has 0 aliphatic heterocycles. The van der Waals surface area contributed by atoms with Crippen LogP contribution in [-0.2, 0) is 0 Å². The van der Waals surface area contributed by atoms with Crippen molar-refractivity contribution in [3.05, 3.63) is 40.8 Å². The van der Waals surface area contributed by atoms with Gasteiger partial charge in [-0.1, -0.05) is 13.3 Å². The molecule has 0 aliphatic rings. The number of rotatable bonds is 6. The van der Waals surface area contributed by atoms with E-state index < -0.39 is 0 Å². The Labute approximate surface area is 122 Å². The van der Waals surface area contributed by atoms with E-state index in [1.807, 2.05) is 24.3 Å². The van der Waals surface area contributed by atoms with Crippen LogP contribution >= 0.6 is 11.3 Å². The number of hydrogen-bond acceptors (Lipinski definition) is 4. The lowest BCUT2D eigenvalue weighted by Crippen LogP contribution is -1.98. The highest BCUT2D eigenvalue weighted by atomic mass is 32.1. The molecule has 4 heteroatoms. The molecule has 3 nitrogen and oxygen atoms in total. The molecule has 0 bridgehead atoms. The van der Waals surface area contributed by atoms with Gasteiger partial charge in [-0.15, -0.1) is 11.3 Å². The lowest BCUT2D eigenvalue weighted by molar-refractivity contribution is 0.112. The summed E-state index contributed by atoms with van der Waals surface area (Å²) in [5.41, 5.74) is 1.46. The van der Waals surface area contributed by atoms with Gasteiger partial charge in [0.1, 0.15) is 11.8 Å². The van der Waals surface area contributed by atoms with Crippen LogP contribution in [0.1, 0.15) is 35.0 Å². The summed E-state index contributed by atoms with van der Waals surface area (Å²) in [6.45, 7) is 2.72. The molecule has 2 aromatic rings. The molecule has 0 atom stereocenters. The number of unbranched alkanes of at least 4 members (excludes halogenated alkanes) is 1. The van der Waals surface area contributed by atoms with Crippen LogP contribution in [0.4, 0.5) is 0 Å². The second-order valence-corrected chi connectivity index (χ2v) is 5.46. The fourth-order valence-corrected chi connectivity index (χ4v) is 2.61. The number of carbonyl (C=O) groups excluding carboxylic acids is 1. The maximum atomic E-state index is 10.7. The van der Waals surface area contributed by atoms with Gasteiger partial charge in [-0.2, -0.15) is 5.26 Å². The lowest BCUT2D eigenvalue weighted by Gasteiger charge is -2.08. The number of nitriles is 1.